The summed E-state index contributed by atoms with van der Waals surface area (Å²) < 4.78 is 5.23. The van der Waals surface area contributed by atoms with Crippen molar-refractivity contribution in [2.45, 2.75) is 59.1 Å². The summed E-state index contributed by atoms with van der Waals surface area (Å²) in [6.07, 6.45) is 6.24. The van der Waals surface area contributed by atoms with Crippen LogP contribution in [0.25, 0.3) is 0 Å². The Morgan fingerprint density at radius 1 is 1.40 bits per heavy atom. The van der Waals surface area contributed by atoms with E-state index in [1.165, 1.54) is 0 Å². The summed E-state index contributed by atoms with van der Waals surface area (Å²) in [4.78, 5) is 22.9. The molecule has 1 rings (SSSR count). The molecule has 1 fully saturated rings. The Balaban J connectivity index is 2.37. The summed E-state index contributed by atoms with van der Waals surface area (Å²) in [6.45, 7) is 7.37. The molecule has 0 bridgehead atoms. The highest BCUT2D eigenvalue weighted by Gasteiger charge is 2.41. The zero-order valence-electron chi connectivity index (χ0n) is 12.7. The van der Waals surface area contributed by atoms with Crippen LogP contribution in [0, 0.1) is 11.3 Å². The molecular weight excluding hydrogens is 258 g/mol. The van der Waals surface area contributed by atoms with Crippen LogP contribution >= 0.6 is 0 Å². The first-order chi connectivity index (χ1) is 9.25. The van der Waals surface area contributed by atoms with Gasteiger partial charge in [-0.15, -0.1) is 0 Å². The van der Waals surface area contributed by atoms with Crippen molar-refractivity contribution in [3.8, 4) is 0 Å². The Morgan fingerprint density at radius 3 is 2.55 bits per heavy atom. The lowest BCUT2D eigenvalue weighted by Gasteiger charge is -2.27. The quantitative estimate of drug-likeness (QED) is 0.735. The minimum absolute atomic E-state index is 0.0779. The minimum Gasteiger partial charge on any atom is -0.480 e. The van der Waals surface area contributed by atoms with E-state index in [-0.39, 0.29) is 6.10 Å². The number of aliphatic carboxylic acids is 1. The Bertz CT molecular complexity index is 384. The number of carboxylic acids is 1. The van der Waals surface area contributed by atoms with Crippen molar-refractivity contribution in [1.29, 1.82) is 0 Å². The van der Waals surface area contributed by atoms with Crippen LogP contribution in [0.4, 0.5) is 4.79 Å². The van der Waals surface area contributed by atoms with Crippen LogP contribution in [-0.4, -0.2) is 29.3 Å². The molecule has 1 saturated carbocycles. The molecule has 0 aromatic carbocycles. The van der Waals surface area contributed by atoms with Gasteiger partial charge in [0.05, 0.1) is 0 Å². The van der Waals surface area contributed by atoms with Gasteiger partial charge < -0.3 is 15.2 Å². The van der Waals surface area contributed by atoms with E-state index < -0.39 is 23.5 Å². The van der Waals surface area contributed by atoms with Crippen LogP contribution in [0.15, 0.2) is 12.2 Å². The van der Waals surface area contributed by atoms with Gasteiger partial charge in [0, 0.05) is 5.92 Å². The zero-order chi connectivity index (χ0) is 15.3. The molecule has 0 heterocycles. The molecule has 1 aliphatic rings. The number of rotatable bonds is 6. The third-order valence-electron chi connectivity index (χ3n) is 3.33. The molecule has 0 aromatic rings. The maximum atomic E-state index is 11.7. The average Bonchev–Trinajstić information content (AvgIpc) is 3.03. The lowest BCUT2D eigenvalue weighted by atomic mass is 9.87. The van der Waals surface area contributed by atoms with Gasteiger partial charge in [-0.1, -0.05) is 39.8 Å². The van der Waals surface area contributed by atoms with Gasteiger partial charge >= 0.3 is 12.1 Å². The molecule has 0 aromatic heterocycles. The van der Waals surface area contributed by atoms with Crippen LogP contribution < -0.4 is 5.32 Å². The molecule has 5 heteroatoms. The largest absolute Gasteiger partial charge is 0.480 e. The van der Waals surface area contributed by atoms with Crippen LogP contribution in [0.3, 0.4) is 0 Å². The number of carbonyl (C=O) groups excluding carboxylic acids is 1. The first-order valence-electron chi connectivity index (χ1n) is 7.10. The normalized spacial score (nSPS) is 23.4. The summed E-state index contributed by atoms with van der Waals surface area (Å²) in [6, 6.07) is -0.952. The Labute approximate surface area is 120 Å². The van der Waals surface area contributed by atoms with Gasteiger partial charge in [-0.2, -0.15) is 0 Å². The van der Waals surface area contributed by atoms with Crippen LogP contribution in [0.1, 0.15) is 47.0 Å². The van der Waals surface area contributed by atoms with Crippen molar-refractivity contribution >= 4 is 12.1 Å². The van der Waals surface area contributed by atoms with Gasteiger partial charge in [-0.3, -0.25) is 0 Å². The number of hydrogen-bond donors (Lipinski definition) is 2. The van der Waals surface area contributed by atoms with Crippen molar-refractivity contribution in [2.75, 3.05) is 0 Å². The first kappa shape index (κ1) is 16.5. The summed E-state index contributed by atoms with van der Waals surface area (Å²) in [5, 5.41) is 11.6. The fraction of sp³-hybridized carbons (Fsp3) is 0.733. The topological polar surface area (TPSA) is 75.6 Å². The van der Waals surface area contributed by atoms with E-state index in [0.717, 1.165) is 19.3 Å². The molecule has 0 spiro atoms. The van der Waals surface area contributed by atoms with E-state index in [2.05, 4.69) is 24.4 Å². The van der Waals surface area contributed by atoms with Crippen molar-refractivity contribution in [3.63, 3.8) is 0 Å². The van der Waals surface area contributed by atoms with Crippen molar-refractivity contribution in [3.05, 3.63) is 12.2 Å². The number of ether oxygens (including phenoxy) is 1. The van der Waals surface area contributed by atoms with Crippen LogP contribution in [0.5, 0.6) is 0 Å². The number of nitrogens with one attached hydrogen (secondary N) is 1. The molecule has 3 atom stereocenters. The first-order valence-corrected chi connectivity index (χ1v) is 7.10. The lowest BCUT2D eigenvalue weighted by Crippen LogP contribution is -2.49. The maximum Gasteiger partial charge on any atom is 0.408 e. The smallest absolute Gasteiger partial charge is 0.408 e. The molecule has 1 aliphatic carbocycles. The molecular formula is C15H25NO4. The molecule has 5 nitrogen and oxygen atoms in total. The summed E-state index contributed by atoms with van der Waals surface area (Å²) in [5.74, 6) is -0.672. The molecule has 1 amide bonds. The fourth-order valence-corrected chi connectivity index (χ4v) is 1.99. The Morgan fingerprint density at radius 2 is 2.05 bits per heavy atom. The van der Waals surface area contributed by atoms with E-state index >= 15 is 0 Å². The predicted octanol–water partition coefficient (Wildman–Crippen LogP) is 2.96. The monoisotopic (exact) mass is 283 g/mol. The Kier molecular flexibility index (Phi) is 5.60. The highest BCUT2D eigenvalue weighted by Crippen LogP contribution is 2.37. The van der Waals surface area contributed by atoms with Crippen molar-refractivity contribution < 1.29 is 19.4 Å². The standard InChI is InChI=1S/C15H25NO4/c1-5-6-7-8-10-9-11(10)20-14(19)16-12(13(17)18)15(2,3)4/h6-7,10-12H,5,8-9H2,1-4H3,(H,16,19)(H,17,18). The molecule has 0 saturated heterocycles. The SMILES string of the molecule is CCC=CCC1CC1OC(=O)NC(C(=O)O)C(C)(C)C. The van der Waals surface area contributed by atoms with Gasteiger partial charge in [0.2, 0.25) is 0 Å². The van der Waals surface area contributed by atoms with Gasteiger partial charge in [0.15, 0.2) is 0 Å². The zero-order valence-corrected chi connectivity index (χ0v) is 12.7. The van der Waals surface area contributed by atoms with E-state index in [9.17, 15) is 9.59 Å². The van der Waals surface area contributed by atoms with E-state index in [4.69, 9.17) is 9.84 Å². The number of hydrogen-bond acceptors (Lipinski definition) is 3. The molecule has 3 unspecified atom stereocenters. The number of alkyl carbamates (subject to hydrolysis) is 1. The van der Waals surface area contributed by atoms with E-state index in [0.29, 0.717) is 5.92 Å². The Hall–Kier alpha value is -1.52. The number of carbonyl (C=O) groups is 2. The highest BCUT2D eigenvalue weighted by molar-refractivity contribution is 5.80. The second-order valence-electron chi connectivity index (χ2n) is 6.34. The summed E-state index contributed by atoms with van der Waals surface area (Å²) in [5.41, 5.74) is -0.558. The van der Waals surface area contributed by atoms with Crippen LogP contribution in [-0.2, 0) is 9.53 Å². The fourth-order valence-electron chi connectivity index (χ4n) is 1.99. The number of amides is 1. The predicted molar refractivity (Wildman–Crippen MR) is 76.4 cm³/mol. The van der Waals surface area contributed by atoms with Crippen molar-refractivity contribution in [2.24, 2.45) is 11.3 Å². The van der Waals surface area contributed by atoms with E-state index in [1.807, 2.05) is 0 Å². The van der Waals surface area contributed by atoms with Gasteiger partial charge in [0.25, 0.3) is 0 Å². The molecule has 114 valence electrons. The highest BCUT2D eigenvalue weighted by atomic mass is 16.6. The maximum absolute atomic E-state index is 11.7. The minimum atomic E-state index is -1.05. The van der Waals surface area contributed by atoms with Gasteiger partial charge in [-0.05, 0) is 24.7 Å². The number of carboxylic acid groups (broad SMARTS) is 1. The van der Waals surface area contributed by atoms with Crippen LogP contribution in [0.2, 0.25) is 0 Å². The second-order valence-corrected chi connectivity index (χ2v) is 6.34. The van der Waals surface area contributed by atoms with Crippen molar-refractivity contribution in [1.82, 2.24) is 5.32 Å². The third-order valence-corrected chi connectivity index (χ3v) is 3.33. The molecule has 2 N–H and O–H groups in total. The second kappa shape index (κ2) is 6.77. The molecule has 20 heavy (non-hydrogen) atoms. The average molecular weight is 283 g/mol. The molecule has 0 radical (unpaired) electrons. The summed E-state index contributed by atoms with van der Waals surface area (Å²) >= 11 is 0. The summed E-state index contributed by atoms with van der Waals surface area (Å²) in [7, 11) is 0. The van der Waals surface area contributed by atoms with Gasteiger partial charge in [0.1, 0.15) is 12.1 Å². The number of allylic oxidation sites excluding steroid dienone is 2. The van der Waals surface area contributed by atoms with Gasteiger partial charge in [-0.25, -0.2) is 9.59 Å². The van der Waals surface area contributed by atoms with E-state index in [1.54, 1.807) is 20.8 Å². The third kappa shape index (κ3) is 5.23. The molecule has 0 aliphatic heterocycles. The lowest BCUT2D eigenvalue weighted by molar-refractivity contribution is -0.142.